The molecule has 150 valence electrons. The van der Waals surface area contributed by atoms with Gasteiger partial charge in [-0.05, 0) is 44.0 Å². The maximum Gasteiger partial charge on any atom is 0.248 e. The van der Waals surface area contributed by atoms with Crippen LogP contribution in [0.5, 0.6) is 0 Å². The molecule has 1 aromatic carbocycles. The second-order valence-corrected chi connectivity index (χ2v) is 9.01. The minimum atomic E-state index is -3.69. The van der Waals surface area contributed by atoms with Gasteiger partial charge in [-0.2, -0.15) is 4.31 Å². The quantitative estimate of drug-likeness (QED) is 0.706. The first kappa shape index (κ1) is 20.6. The molecule has 0 atom stereocenters. The van der Waals surface area contributed by atoms with E-state index in [4.69, 9.17) is 16.1 Å². The summed E-state index contributed by atoms with van der Waals surface area (Å²) in [6.07, 6.45) is 3.19. The molecule has 0 bridgehead atoms. The van der Waals surface area contributed by atoms with E-state index in [0.29, 0.717) is 23.8 Å². The van der Waals surface area contributed by atoms with Crippen LogP contribution in [-0.2, 0) is 14.8 Å². The Labute approximate surface area is 169 Å². The van der Waals surface area contributed by atoms with Gasteiger partial charge in [0.15, 0.2) is 5.76 Å². The fourth-order valence-electron chi connectivity index (χ4n) is 3.11. The van der Waals surface area contributed by atoms with Gasteiger partial charge in [-0.1, -0.05) is 28.9 Å². The number of carbonyl (C=O) groups is 1. The van der Waals surface area contributed by atoms with E-state index >= 15 is 0 Å². The van der Waals surface area contributed by atoms with E-state index in [1.807, 2.05) is 19.1 Å². The summed E-state index contributed by atoms with van der Waals surface area (Å²) in [5, 5.41) is 4.37. The van der Waals surface area contributed by atoms with Crippen molar-refractivity contribution >= 4 is 33.6 Å². The molecule has 0 radical (unpaired) electrons. The summed E-state index contributed by atoms with van der Waals surface area (Å²) in [6, 6.07) is 5.58. The maximum atomic E-state index is 12.8. The van der Waals surface area contributed by atoms with Crippen LogP contribution in [0, 0.1) is 20.8 Å². The van der Waals surface area contributed by atoms with Crippen molar-refractivity contribution in [3.63, 3.8) is 0 Å². The van der Waals surface area contributed by atoms with Gasteiger partial charge in [-0.3, -0.25) is 4.79 Å². The summed E-state index contributed by atoms with van der Waals surface area (Å²) >= 11 is 6.10. The predicted octanol–water partition coefficient (Wildman–Crippen LogP) is 2.80. The third-order valence-corrected chi connectivity index (χ3v) is 7.28. The Morgan fingerprint density at radius 3 is 2.43 bits per heavy atom. The summed E-state index contributed by atoms with van der Waals surface area (Å²) < 4.78 is 32.0. The summed E-state index contributed by atoms with van der Waals surface area (Å²) in [5.41, 5.74) is 2.15. The number of hydrogen-bond acceptors (Lipinski definition) is 5. The number of rotatable bonds is 4. The molecule has 3 rings (SSSR count). The standard InChI is InChI=1S/C19H22ClN3O4S/c1-13-4-5-16(12-17(13)20)6-7-18(24)22-8-10-23(11-9-22)28(25,26)19-14(2)21-27-15(19)3/h4-7,12H,8-11H2,1-3H3/b7-6+. The molecule has 1 saturated heterocycles. The van der Waals surface area contributed by atoms with Crippen LogP contribution in [0.25, 0.3) is 6.08 Å². The third-order valence-electron chi connectivity index (χ3n) is 4.73. The van der Waals surface area contributed by atoms with Crippen LogP contribution in [0.4, 0.5) is 0 Å². The molecule has 1 aliphatic rings. The summed E-state index contributed by atoms with van der Waals surface area (Å²) in [4.78, 5) is 14.2. The number of aromatic nitrogens is 1. The summed E-state index contributed by atoms with van der Waals surface area (Å²) in [7, 11) is -3.69. The lowest BCUT2D eigenvalue weighted by Crippen LogP contribution is -2.50. The lowest BCUT2D eigenvalue weighted by atomic mass is 10.1. The van der Waals surface area contributed by atoms with E-state index in [9.17, 15) is 13.2 Å². The zero-order valence-electron chi connectivity index (χ0n) is 16.0. The van der Waals surface area contributed by atoms with Gasteiger partial charge in [0.2, 0.25) is 15.9 Å². The zero-order chi connectivity index (χ0) is 20.5. The number of carbonyl (C=O) groups excluding carboxylic acids is 1. The molecular formula is C19H22ClN3O4S. The van der Waals surface area contributed by atoms with Crippen molar-refractivity contribution in [3.8, 4) is 0 Å². The van der Waals surface area contributed by atoms with Crippen LogP contribution >= 0.6 is 11.6 Å². The van der Waals surface area contributed by atoms with E-state index in [1.165, 1.54) is 10.4 Å². The molecule has 1 aliphatic heterocycles. The maximum absolute atomic E-state index is 12.8. The number of aryl methyl sites for hydroxylation is 3. The monoisotopic (exact) mass is 423 g/mol. The summed E-state index contributed by atoms with van der Waals surface area (Å²) in [5.74, 6) is 0.113. The second kappa shape index (κ2) is 8.06. The van der Waals surface area contributed by atoms with Crippen molar-refractivity contribution in [2.45, 2.75) is 25.7 Å². The van der Waals surface area contributed by atoms with Gasteiger partial charge in [0, 0.05) is 37.3 Å². The normalized spacial score (nSPS) is 16.1. The first-order chi connectivity index (χ1) is 13.2. The number of hydrogen-bond donors (Lipinski definition) is 0. The van der Waals surface area contributed by atoms with Crippen molar-refractivity contribution < 1.29 is 17.7 Å². The van der Waals surface area contributed by atoms with Crippen molar-refractivity contribution in [2.24, 2.45) is 0 Å². The molecular weight excluding hydrogens is 402 g/mol. The van der Waals surface area contributed by atoms with Gasteiger partial charge < -0.3 is 9.42 Å². The van der Waals surface area contributed by atoms with Gasteiger partial charge in [-0.15, -0.1) is 0 Å². The van der Waals surface area contributed by atoms with Crippen LogP contribution in [0.1, 0.15) is 22.6 Å². The molecule has 28 heavy (non-hydrogen) atoms. The Kier molecular flexibility index (Phi) is 5.92. The molecule has 0 N–H and O–H groups in total. The highest BCUT2D eigenvalue weighted by Crippen LogP contribution is 2.24. The SMILES string of the molecule is Cc1ccc(/C=C/C(=O)N2CCN(S(=O)(=O)c3c(C)noc3C)CC2)cc1Cl. The second-order valence-electron chi connectivity index (χ2n) is 6.72. The predicted molar refractivity (Wildman–Crippen MR) is 107 cm³/mol. The van der Waals surface area contributed by atoms with Gasteiger partial charge in [0.05, 0.1) is 0 Å². The zero-order valence-corrected chi connectivity index (χ0v) is 17.5. The molecule has 9 heteroatoms. The van der Waals surface area contributed by atoms with E-state index < -0.39 is 10.0 Å². The lowest BCUT2D eigenvalue weighted by Gasteiger charge is -2.33. The van der Waals surface area contributed by atoms with Crippen LogP contribution < -0.4 is 0 Å². The molecule has 0 spiro atoms. The molecule has 2 heterocycles. The molecule has 1 aromatic heterocycles. The Bertz CT molecular complexity index is 1000. The van der Waals surface area contributed by atoms with Gasteiger partial charge >= 0.3 is 0 Å². The molecule has 7 nitrogen and oxygen atoms in total. The number of sulfonamides is 1. The van der Waals surface area contributed by atoms with Crippen molar-refractivity contribution in [1.29, 1.82) is 0 Å². The largest absolute Gasteiger partial charge is 0.360 e. The number of benzene rings is 1. The topological polar surface area (TPSA) is 83.7 Å². The van der Waals surface area contributed by atoms with E-state index in [-0.39, 0.29) is 29.7 Å². The average Bonchev–Trinajstić information content (AvgIpc) is 3.01. The highest BCUT2D eigenvalue weighted by atomic mass is 35.5. The van der Waals surface area contributed by atoms with Crippen molar-refractivity contribution in [3.05, 3.63) is 51.9 Å². The van der Waals surface area contributed by atoms with Gasteiger partial charge in [0.1, 0.15) is 10.6 Å². The van der Waals surface area contributed by atoms with Gasteiger partial charge in [-0.25, -0.2) is 8.42 Å². The van der Waals surface area contributed by atoms with Crippen LogP contribution in [-0.4, -0.2) is 54.9 Å². The smallest absolute Gasteiger partial charge is 0.248 e. The lowest BCUT2D eigenvalue weighted by molar-refractivity contribution is -0.127. The fraction of sp³-hybridized carbons (Fsp3) is 0.368. The molecule has 0 unspecified atom stereocenters. The Balaban J connectivity index is 1.64. The molecule has 0 aliphatic carbocycles. The minimum Gasteiger partial charge on any atom is -0.360 e. The Morgan fingerprint density at radius 2 is 1.86 bits per heavy atom. The first-order valence-corrected chi connectivity index (χ1v) is 10.7. The Morgan fingerprint density at radius 1 is 1.18 bits per heavy atom. The number of amides is 1. The fourth-order valence-corrected chi connectivity index (χ4v) is 5.01. The van der Waals surface area contributed by atoms with Crippen LogP contribution in [0.15, 0.2) is 33.7 Å². The Hall–Kier alpha value is -2.16. The average molecular weight is 424 g/mol. The molecule has 2 aromatic rings. The van der Waals surface area contributed by atoms with Crippen LogP contribution in [0.3, 0.4) is 0 Å². The summed E-state index contributed by atoms with van der Waals surface area (Å²) in [6.45, 7) is 6.18. The number of piperazine rings is 1. The van der Waals surface area contributed by atoms with E-state index in [0.717, 1.165) is 11.1 Å². The molecule has 1 fully saturated rings. The van der Waals surface area contributed by atoms with E-state index in [2.05, 4.69) is 5.16 Å². The first-order valence-electron chi connectivity index (χ1n) is 8.86. The minimum absolute atomic E-state index is 0.114. The highest BCUT2D eigenvalue weighted by Gasteiger charge is 2.33. The van der Waals surface area contributed by atoms with Crippen LogP contribution in [0.2, 0.25) is 5.02 Å². The third kappa shape index (κ3) is 4.14. The number of nitrogens with zero attached hydrogens (tertiary/aromatic N) is 3. The van der Waals surface area contributed by atoms with Crippen molar-refractivity contribution in [2.75, 3.05) is 26.2 Å². The van der Waals surface area contributed by atoms with E-state index in [1.54, 1.807) is 30.9 Å². The number of halogens is 1. The van der Waals surface area contributed by atoms with Gasteiger partial charge in [0.25, 0.3) is 0 Å². The molecule has 1 amide bonds. The van der Waals surface area contributed by atoms with Crippen molar-refractivity contribution in [1.82, 2.24) is 14.4 Å². The molecule has 0 saturated carbocycles. The highest BCUT2D eigenvalue weighted by molar-refractivity contribution is 7.89.